The van der Waals surface area contributed by atoms with E-state index in [1.54, 1.807) is 13.2 Å². The van der Waals surface area contributed by atoms with Gasteiger partial charge in [-0.1, -0.05) is 18.6 Å². The molecule has 1 saturated heterocycles. The highest BCUT2D eigenvalue weighted by atomic mass is 16.5. The molecule has 2 rings (SSSR count). The minimum Gasteiger partial charge on any atom is -0.497 e. The molecule has 0 amide bonds. The van der Waals surface area contributed by atoms with Crippen molar-refractivity contribution in [2.24, 2.45) is 0 Å². The van der Waals surface area contributed by atoms with Crippen LogP contribution in [0, 0.1) is 0 Å². The number of benzene rings is 1. The van der Waals surface area contributed by atoms with Crippen LogP contribution in [-0.2, 0) is 9.53 Å². The molecule has 1 aliphatic heterocycles. The van der Waals surface area contributed by atoms with E-state index in [9.17, 15) is 4.79 Å². The van der Waals surface area contributed by atoms with Crippen LogP contribution in [0.15, 0.2) is 30.3 Å². The zero-order valence-corrected chi connectivity index (χ0v) is 13.5. The Balaban J connectivity index is 1.76. The number of methoxy groups -OCH3 is 1. The summed E-state index contributed by atoms with van der Waals surface area (Å²) in [6, 6.07) is 7.54. The summed E-state index contributed by atoms with van der Waals surface area (Å²) in [6.07, 6.45) is 6.97. The lowest BCUT2D eigenvalue weighted by atomic mass is 10.1. The van der Waals surface area contributed by atoms with Crippen molar-refractivity contribution in [3.63, 3.8) is 0 Å². The Morgan fingerprint density at radius 2 is 1.91 bits per heavy atom. The van der Waals surface area contributed by atoms with E-state index < -0.39 is 0 Å². The van der Waals surface area contributed by atoms with Crippen molar-refractivity contribution < 1.29 is 14.3 Å². The Morgan fingerprint density at radius 1 is 1.23 bits per heavy atom. The Hall–Kier alpha value is -1.81. The molecule has 0 unspecified atom stereocenters. The van der Waals surface area contributed by atoms with Gasteiger partial charge in [0.15, 0.2) is 0 Å². The Bertz CT molecular complexity index is 490. The van der Waals surface area contributed by atoms with Gasteiger partial charge in [-0.2, -0.15) is 0 Å². The summed E-state index contributed by atoms with van der Waals surface area (Å²) < 4.78 is 10.5. The van der Waals surface area contributed by atoms with Gasteiger partial charge in [-0.05, 0) is 56.6 Å². The monoisotopic (exact) mass is 303 g/mol. The van der Waals surface area contributed by atoms with E-state index in [1.165, 1.54) is 25.3 Å². The summed E-state index contributed by atoms with van der Waals surface area (Å²) in [5.41, 5.74) is 0.946. The van der Waals surface area contributed by atoms with E-state index in [-0.39, 0.29) is 12.1 Å². The molecule has 1 heterocycles. The highest BCUT2D eigenvalue weighted by Crippen LogP contribution is 2.13. The first-order valence-corrected chi connectivity index (χ1v) is 7.92. The second kappa shape index (κ2) is 8.59. The summed E-state index contributed by atoms with van der Waals surface area (Å²) >= 11 is 0. The van der Waals surface area contributed by atoms with Crippen molar-refractivity contribution in [1.82, 2.24) is 4.90 Å². The highest BCUT2D eigenvalue weighted by Gasteiger charge is 2.15. The maximum absolute atomic E-state index is 11.8. The van der Waals surface area contributed by atoms with Gasteiger partial charge in [0.05, 0.1) is 7.11 Å². The van der Waals surface area contributed by atoms with Crippen LogP contribution < -0.4 is 4.74 Å². The molecule has 4 heteroatoms. The summed E-state index contributed by atoms with van der Waals surface area (Å²) in [5.74, 6) is 0.509. The number of rotatable bonds is 6. The molecule has 0 saturated carbocycles. The molecule has 4 nitrogen and oxygen atoms in total. The fraction of sp³-hybridized carbons (Fsp3) is 0.500. The highest BCUT2D eigenvalue weighted by molar-refractivity contribution is 5.87. The first kappa shape index (κ1) is 16.6. The minimum atomic E-state index is -0.291. The van der Waals surface area contributed by atoms with E-state index in [0.29, 0.717) is 0 Å². The van der Waals surface area contributed by atoms with Gasteiger partial charge in [0.2, 0.25) is 0 Å². The van der Waals surface area contributed by atoms with Gasteiger partial charge in [-0.15, -0.1) is 0 Å². The second-order valence-electron chi connectivity index (χ2n) is 5.72. The number of ether oxygens (including phenoxy) is 2. The molecule has 0 spiro atoms. The Kier molecular flexibility index (Phi) is 6.46. The van der Waals surface area contributed by atoms with Crippen LogP contribution in [0.3, 0.4) is 0 Å². The molecule has 0 aromatic heterocycles. The van der Waals surface area contributed by atoms with Crippen LogP contribution >= 0.6 is 0 Å². The molecule has 120 valence electrons. The third-order valence-corrected chi connectivity index (χ3v) is 3.81. The van der Waals surface area contributed by atoms with Crippen LogP contribution in [0.4, 0.5) is 0 Å². The van der Waals surface area contributed by atoms with Gasteiger partial charge >= 0.3 is 5.97 Å². The Morgan fingerprint density at radius 3 is 2.55 bits per heavy atom. The zero-order valence-electron chi connectivity index (χ0n) is 13.5. The van der Waals surface area contributed by atoms with Crippen LogP contribution in [0.2, 0.25) is 0 Å². The summed E-state index contributed by atoms with van der Waals surface area (Å²) in [4.78, 5) is 14.2. The average molecular weight is 303 g/mol. The SMILES string of the molecule is COc1ccc(/C=C\C(=O)O[C@H](C)CN2CCCCC2)cc1. The number of likely N-dealkylation sites (tertiary alicyclic amines) is 1. The van der Waals surface area contributed by atoms with Crippen LogP contribution in [0.25, 0.3) is 6.08 Å². The van der Waals surface area contributed by atoms with Crippen molar-refractivity contribution in [1.29, 1.82) is 0 Å². The van der Waals surface area contributed by atoms with Gasteiger partial charge in [-0.3, -0.25) is 4.90 Å². The first-order chi connectivity index (χ1) is 10.7. The number of hydrogen-bond donors (Lipinski definition) is 0. The van der Waals surface area contributed by atoms with Crippen molar-refractivity contribution in [3.8, 4) is 5.75 Å². The van der Waals surface area contributed by atoms with Gasteiger partial charge in [0.25, 0.3) is 0 Å². The molecule has 1 fully saturated rings. The standard InChI is InChI=1S/C18H25NO3/c1-15(14-19-12-4-3-5-13-19)22-18(20)11-8-16-6-9-17(21-2)10-7-16/h6-11,15H,3-5,12-14H2,1-2H3/b11-8-/t15-/m1/s1. The first-order valence-electron chi connectivity index (χ1n) is 7.92. The predicted molar refractivity (Wildman–Crippen MR) is 87.9 cm³/mol. The average Bonchev–Trinajstić information content (AvgIpc) is 2.54. The smallest absolute Gasteiger partial charge is 0.331 e. The third-order valence-electron chi connectivity index (χ3n) is 3.81. The quantitative estimate of drug-likeness (QED) is 0.598. The van der Waals surface area contributed by atoms with E-state index in [4.69, 9.17) is 9.47 Å². The van der Waals surface area contributed by atoms with E-state index >= 15 is 0 Å². The molecule has 1 aromatic carbocycles. The number of piperidine rings is 1. The van der Waals surface area contributed by atoms with Crippen molar-refractivity contribution in [2.45, 2.75) is 32.3 Å². The fourth-order valence-electron chi connectivity index (χ4n) is 2.66. The lowest BCUT2D eigenvalue weighted by Crippen LogP contribution is -2.36. The minimum absolute atomic E-state index is 0.0777. The van der Waals surface area contributed by atoms with Gasteiger partial charge < -0.3 is 9.47 Å². The van der Waals surface area contributed by atoms with Crippen LogP contribution in [0.1, 0.15) is 31.7 Å². The lowest BCUT2D eigenvalue weighted by molar-refractivity contribution is -0.143. The molecule has 1 atom stereocenters. The van der Waals surface area contributed by atoms with Gasteiger partial charge in [0.1, 0.15) is 11.9 Å². The summed E-state index contributed by atoms with van der Waals surface area (Å²) in [6.45, 7) is 5.00. The largest absolute Gasteiger partial charge is 0.497 e. The molecule has 1 aromatic rings. The van der Waals surface area contributed by atoms with Crippen LogP contribution in [-0.4, -0.2) is 43.7 Å². The fourth-order valence-corrected chi connectivity index (χ4v) is 2.66. The maximum Gasteiger partial charge on any atom is 0.331 e. The molecule has 0 aliphatic carbocycles. The van der Waals surface area contributed by atoms with E-state index in [1.807, 2.05) is 31.2 Å². The molecule has 1 aliphatic rings. The summed E-state index contributed by atoms with van der Waals surface area (Å²) in [7, 11) is 1.63. The normalized spacial score (nSPS) is 17.4. The van der Waals surface area contributed by atoms with Crippen molar-refractivity contribution >= 4 is 12.0 Å². The molecular formula is C18H25NO3. The predicted octanol–water partition coefficient (Wildman–Crippen LogP) is 3.13. The summed E-state index contributed by atoms with van der Waals surface area (Å²) in [5, 5.41) is 0. The number of esters is 1. The third kappa shape index (κ3) is 5.53. The van der Waals surface area contributed by atoms with E-state index in [2.05, 4.69) is 4.90 Å². The molecule has 0 radical (unpaired) electrons. The van der Waals surface area contributed by atoms with Crippen LogP contribution in [0.5, 0.6) is 5.75 Å². The number of hydrogen-bond acceptors (Lipinski definition) is 4. The van der Waals surface area contributed by atoms with Gasteiger partial charge in [-0.25, -0.2) is 4.79 Å². The number of nitrogens with zero attached hydrogens (tertiary/aromatic N) is 1. The lowest BCUT2D eigenvalue weighted by Gasteiger charge is -2.28. The molecule has 22 heavy (non-hydrogen) atoms. The second-order valence-corrected chi connectivity index (χ2v) is 5.72. The van der Waals surface area contributed by atoms with Crippen molar-refractivity contribution in [2.75, 3.05) is 26.7 Å². The molecule has 0 bridgehead atoms. The number of carbonyl (C=O) groups excluding carboxylic acids is 1. The zero-order chi connectivity index (χ0) is 15.8. The van der Waals surface area contributed by atoms with Crippen molar-refractivity contribution in [3.05, 3.63) is 35.9 Å². The number of carbonyl (C=O) groups is 1. The van der Waals surface area contributed by atoms with Gasteiger partial charge in [0, 0.05) is 12.6 Å². The Labute approximate surface area is 132 Å². The van der Waals surface area contributed by atoms with E-state index in [0.717, 1.165) is 30.9 Å². The molecule has 0 N–H and O–H groups in total. The molecular weight excluding hydrogens is 278 g/mol. The topological polar surface area (TPSA) is 38.8 Å². The maximum atomic E-state index is 11.8.